The van der Waals surface area contributed by atoms with E-state index in [4.69, 9.17) is 9.72 Å². The van der Waals surface area contributed by atoms with Gasteiger partial charge in [0.25, 0.3) is 0 Å². The fourth-order valence-electron chi connectivity index (χ4n) is 2.77. The number of ether oxygens (including phenoxy) is 1. The molecule has 114 valence electrons. The van der Waals surface area contributed by atoms with E-state index in [0.29, 0.717) is 0 Å². The molecule has 0 aliphatic heterocycles. The topological polar surface area (TPSA) is 65.2 Å². The van der Waals surface area contributed by atoms with Gasteiger partial charge in [0, 0.05) is 23.5 Å². The maximum atomic E-state index is 5.27. The number of imidazole rings is 1. The fraction of sp³-hybridized carbons (Fsp3) is 0.176. The Labute approximate surface area is 132 Å². The molecule has 6 heteroatoms. The fourth-order valence-corrected chi connectivity index (χ4v) is 2.77. The molecule has 4 aromatic rings. The summed E-state index contributed by atoms with van der Waals surface area (Å²) in [6.45, 7) is 3.92. The van der Waals surface area contributed by atoms with E-state index in [-0.39, 0.29) is 0 Å². The Balaban J connectivity index is 2.13. The van der Waals surface area contributed by atoms with Gasteiger partial charge in [0.15, 0.2) is 5.65 Å². The van der Waals surface area contributed by atoms with E-state index in [2.05, 4.69) is 15.2 Å². The third kappa shape index (κ3) is 2.03. The molecular formula is C17H15N5O. The Kier molecular flexibility index (Phi) is 2.97. The zero-order valence-corrected chi connectivity index (χ0v) is 13.1. The molecule has 0 atom stereocenters. The van der Waals surface area contributed by atoms with Crippen molar-refractivity contribution in [2.24, 2.45) is 0 Å². The molecular weight excluding hydrogens is 290 g/mol. The molecule has 6 nitrogen and oxygen atoms in total. The lowest BCUT2D eigenvalue weighted by molar-refractivity contribution is 0.415. The highest BCUT2D eigenvalue weighted by molar-refractivity contribution is 5.81. The number of fused-ring (bicyclic) bond motifs is 3. The molecule has 0 saturated carbocycles. The maximum absolute atomic E-state index is 5.27. The minimum absolute atomic E-state index is 0.751. The number of pyridine rings is 1. The molecule has 4 rings (SSSR count). The highest BCUT2D eigenvalue weighted by Gasteiger charge is 2.16. The molecule has 0 amide bonds. The van der Waals surface area contributed by atoms with Crippen LogP contribution in [0.3, 0.4) is 0 Å². The summed E-state index contributed by atoms with van der Waals surface area (Å²) in [5, 5.41) is 8.64. The predicted molar refractivity (Wildman–Crippen MR) is 87.5 cm³/mol. The van der Waals surface area contributed by atoms with Gasteiger partial charge in [-0.2, -0.15) is 0 Å². The average Bonchev–Trinajstić information content (AvgIpc) is 2.92. The Morgan fingerprint density at radius 2 is 1.91 bits per heavy atom. The summed E-state index contributed by atoms with van der Waals surface area (Å²) in [6.07, 6.45) is 1.78. The van der Waals surface area contributed by atoms with Crippen LogP contribution in [0, 0.1) is 13.8 Å². The lowest BCUT2D eigenvalue weighted by Gasteiger charge is -2.07. The van der Waals surface area contributed by atoms with Crippen molar-refractivity contribution in [1.29, 1.82) is 0 Å². The zero-order valence-electron chi connectivity index (χ0n) is 13.1. The van der Waals surface area contributed by atoms with Crippen molar-refractivity contribution in [3.63, 3.8) is 0 Å². The molecule has 0 saturated heterocycles. The molecule has 0 N–H and O–H groups in total. The third-order valence-corrected chi connectivity index (χ3v) is 3.94. The third-order valence-electron chi connectivity index (χ3n) is 3.94. The van der Waals surface area contributed by atoms with Crippen LogP contribution in [0.5, 0.6) is 5.75 Å². The van der Waals surface area contributed by atoms with Gasteiger partial charge in [-0.1, -0.05) is 0 Å². The van der Waals surface area contributed by atoms with Crippen molar-refractivity contribution in [2.45, 2.75) is 13.8 Å². The second kappa shape index (κ2) is 5.01. The monoisotopic (exact) mass is 305 g/mol. The largest absolute Gasteiger partial charge is 0.497 e. The van der Waals surface area contributed by atoms with Crippen molar-refractivity contribution < 1.29 is 4.74 Å². The van der Waals surface area contributed by atoms with Gasteiger partial charge in [0.1, 0.15) is 17.1 Å². The summed E-state index contributed by atoms with van der Waals surface area (Å²) in [7, 11) is 1.64. The van der Waals surface area contributed by atoms with Crippen LogP contribution in [0.15, 0.2) is 36.5 Å². The van der Waals surface area contributed by atoms with Gasteiger partial charge in [-0.25, -0.2) is 4.98 Å². The van der Waals surface area contributed by atoms with E-state index >= 15 is 0 Å². The van der Waals surface area contributed by atoms with E-state index in [1.165, 1.54) is 0 Å². The minimum atomic E-state index is 0.751. The van der Waals surface area contributed by atoms with E-state index < -0.39 is 0 Å². The molecule has 0 fully saturated rings. The SMILES string of the molecule is COc1ccc2c(c1)nnc1c(C)nc(-c3cccnc3C)n12. The summed E-state index contributed by atoms with van der Waals surface area (Å²) >= 11 is 0. The highest BCUT2D eigenvalue weighted by atomic mass is 16.5. The van der Waals surface area contributed by atoms with E-state index in [9.17, 15) is 0 Å². The van der Waals surface area contributed by atoms with Crippen molar-refractivity contribution in [2.75, 3.05) is 7.11 Å². The van der Waals surface area contributed by atoms with Gasteiger partial charge in [0.2, 0.25) is 0 Å². The van der Waals surface area contributed by atoms with Crippen LogP contribution in [-0.4, -0.2) is 31.7 Å². The molecule has 0 bridgehead atoms. The maximum Gasteiger partial charge on any atom is 0.183 e. The quantitative estimate of drug-likeness (QED) is 0.569. The molecule has 0 unspecified atom stereocenters. The molecule has 3 aromatic heterocycles. The number of hydrogen-bond acceptors (Lipinski definition) is 5. The van der Waals surface area contributed by atoms with Gasteiger partial charge in [-0.05, 0) is 38.1 Å². The summed E-state index contributed by atoms with van der Waals surface area (Å²) in [6, 6.07) is 9.70. The molecule has 0 aliphatic carbocycles. The van der Waals surface area contributed by atoms with E-state index in [1.54, 1.807) is 13.3 Å². The Morgan fingerprint density at radius 3 is 2.70 bits per heavy atom. The molecule has 0 spiro atoms. The van der Waals surface area contributed by atoms with Crippen LogP contribution in [0.1, 0.15) is 11.4 Å². The van der Waals surface area contributed by atoms with Crippen molar-refractivity contribution >= 4 is 16.7 Å². The first-order valence-corrected chi connectivity index (χ1v) is 7.30. The second-order valence-electron chi connectivity index (χ2n) is 5.37. The number of aryl methyl sites for hydroxylation is 2. The zero-order chi connectivity index (χ0) is 16.0. The average molecular weight is 305 g/mol. The Morgan fingerprint density at radius 1 is 1.04 bits per heavy atom. The highest BCUT2D eigenvalue weighted by Crippen LogP contribution is 2.27. The number of benzene rings is 1. The number of nitrogens with zero attached hydrogens (tertiary/aromatic N) is 5. The van der Waals surface area contributed by atoms with Crippen molar-refractivity contribution in [3.05, 3.63) is 47.9 Å². The van der Waals surface area contributed by atoms with Crippen molar-refractivity contribution in [3.8, 4) is 17.1 Å². The molecule has 23 heavy (non-hydrogen) atoms. The number of methoxy groups -OCH3 is 1. The minimum Gasteiger partial charge on any atom is -0.497 e. The molecule has 1 aromatic carbocycles. The summed E-state index contributed by atoms with van der Waals surface area (Å²) in [4.78, 5) is 9.07. The van der Waals surface area contributed by atoms with Crippen LogP contribution >= 0.6 is 0 Å². The van der Waals surface area contributed by atoms with Crippen molar-refractivity contribution in [1.82, 2.24) is 24.6 Å². The lowest BCUT2D eigenvalue weighted by atomic mass is 10.2. The Bertz CT molecular complexity index is 1040. The lowest BCUT2D eigenvalue weighted by Crippen LogP contribution is -1.99. The van der Waals surface area contributed by atoms with Gasteiger partial charge < -0.3 is 4.74 Å². The number of rotatable bonds is 2. The van der Waals surface area contributed by atoms with Gasteiger partial charge >= 0.3 is 0 Å². The van der Waals surface area contributed by atoms with E-state index in [0.717, 1.165) is 45.2 Å². The standard InChI is InChI=1S/C17H15N5O/c1-10-13(5-4-8-18-10)17-19-11(2)16-21-20-14-9-12(23-3)6-7-15(14)22(16)17/h4-9H,1-3H3. The first kappa shape index (κ1) is 13.6. The summed E-state index contributed by atoms with van der Waals surface area (Å²) in [5.74, 6) is 1.58. The molecule has 0 aliphatic rings. The Hall–Kier alpha value is -3.02. The van der Waals surface area contributed by atoms with Crippen LogP contribution < -0.4 is 4.74 Å². The second-order valence-corrected chi connectivity index (χ2v) is 5.37. The molecule has 3 heterocycles. The first-order chi connectivity index (χ1) is 11.2. The smallest absolute Gasteiger partial charge is 0.183 e. The van der Waals surface area contributed by atoms with Crippen LogP contribution in [0.2, 0.25) is 0 Å². The van der Waals surface area contributed by atoms with Crippen LogP contribution in [0.4, 0.5) is 0 Å². The van der Waals surface area contributed by atoms with E-state index in [1.807, 2.05) is 48.6 Å². The molecule has 0 radical (unpaired) electrons. The summed E-state index contributed by atoms with van der Waals surface area (Å²) < 4.78 is 7.30. The van der Waals surface area contributed by atoms with Crippen LogP contribution in [0.25, 0.3) is 28.1 Å². The van der Waals surface area contributed by atoms with Gasteiger partial charge in [-0.3, -0.25) is 9.38 Å². The number of hydrogen-bond donors (Lipinski definition) is 0. The normalized spacial score (nSPS) is 11.3. The first-order valence-electron chi connectivity index (χ1n) is 7.30. The predicted octanol–water partition coefficient (Wildman–Crippen LogP) is 2.96. The van der Waals surface area contributed by atoms with Gasteiger partial charge in [-0.15, -0.1) is 10.2 Å². The van der Waals surface area contributed by atoms with Gasteiger partial charge in [0.05, 0.1) is 18.3 Å². The van der Waals surface area contributed by atoms with Crippen LogP contribution in [-0.2, 0) is 0 Å². The number of aromatic nitrogens is 5. The summed E-state index contributed by atoms with van der Waals surface area (Å²) in [5.41, 5.74) is 5.21.